The van der Waals surface area contributed by atoms with Crippen LogP contribution >= 0.6 is 0 Å². The normalized spacial score (nSPS) is 13.8. The van der Waals surface area contributed by atoms with Gasteiger partial charge in [0.25, 0.3) is 0 Å². The molecule has 36 heavy (non-hydrogen) atoms. The first-order valence-corrected chi connectivity index (χ1v) is 12.0. The molecule has 6 rings (SSSR count). The minimum absolute atomic E-state index is 0.294. The van der Waals surface area contributed by atoms with Gasteiger partial charge in [-0.05, 0) is 54.6 Å². The smallest absolute Gasteiger partial charge is 0.323 e. The van der Waals surface area contributed by atoms with Crippen LogP contribution in [-0.2, 0) is 11.8 Å². The number of morpholine rings is 1. The monoisotopic (exact) mass is 478 g/mol. The highest BCUT2D eigenvalue weighted by Crippen LogP contribution is 2.33. The van der Waals surface area contributed by atoms with E-state index in [1.165, 1.54) is 0 Å². The summed E-state index contributed by atoms with van der Waals surface area (Å²) in [6.07, 6.45) is 2.06. The number of anilines is 3. The lowest BCUT2D eigenvalue weighted by Gasteiger charge is -2.29. The predicted molar refractivity (Wildman–Crippen MR) is 144 cm³/mol. The lowest BCUT2D eigenvalue weighted by atomic mass is 10.1. The van der Waals surface area contributed by atoms with Crippen LogP contribution in [0.3, 0.4) is 0 Å². The lowest BCUT2D eigenvalue weighted by Crippen LogP contribution is -2.37. The quantitative estimate of drug-likeness (QED) is 0.368. The van der Waals surface area contributed by atoms with Crippen LogP contribution in [0.1, 0.15) is 0 Å². The molecule has 8 heteroatoms. The van der Waals surface area contributed by atoms with Gasteiger partial charge in [-0.2, -0.15) is 0 Å². The molecule has 3 heterocycles. The maximum absolute atomic E-state index is 12.4. The number of rotatable bonds is 4. The highest BCUT2D eigenvalue weighted by atomic mass is 16.5. The van der Waals surface area contributed by atoms with E-state index < -0.39 is 0 Å². The van der Waals surface area contributed by atoms with Crippen molar-refractivity contribution in [2.75, 3.05) is 41.8 Å². The summed E-state index contributed by atoms with van der Waals surface area (Å²) in [6.45, 7) is 2.94. The van der Waals surface area contributed by atoms with Crippen LogP contribution < -0.4 is 15.5 Å². The van der Waals surface area contributed by atoms with Gasteiger partial charge in [-0.3, -0.25) is 0 Å². The second kappa shape index (κ2) is 9.31. The molecule has 8 nitrogen and oxygen atoms in total. The van der Waals surface area contributed by atoms with Crippen LogP contribution in [0.4, 0.5) is 22.0 Å². The van der Waals surface area contributed by atoms with E-state index in [2.05, 4.69) is 44.5 Å². The molecule has 180 valence electrons. The Balaban J connectivity index is 1.34. The van der Waals surface area contributed by atoms with Gasteiger partial charge < -0.3 is 24.8 Å². The molecular formula is C28H26N6O2. The summed E-state index contributed by atoms with van der Waals surface area (Å²) in [5.74, 6) is 1.58. The van der Waals surface area contributed by atoms with Crippen molar-refractivity contribution >= 4 is 45.0 Å². The zero-order chi connectivity index (χ0) is 24.5. The topological polar surface area (TPSA) is 84.3 Å². The van der Waals surface area contributed by atoms with Gasteiger partial charge in [-0.15, -0.1) is 0 Å². The maximum Gasteiger partial charge on any atom is 0.323 e. The van der Waals surface area contributed by atoms with Crippen LogP contribution in [0.25, 0.3) is 33.2 Å². The number of nitrogens with zero attached hydrogens (tertiary/aromatic N) is 4. The number of hydrogen-bond acceptors (Lipinski definition) is 5. The van der Waals surface area contributed by atoms with Gasteiger partial charge >= 0.3 is 6.03 Å². The molecule has 2 amide bonds. The van der Waals surface area contributed by atoms with Gasteiger partial charge in [0.2, 0.25) is 0 Å². The van der Waals surface area contributed by atoms with E-state index in [0.29, 0.717) is 24.7 Å². The lowest BCUT2D eigenvalue weighted by molar-refractivity contribution is 0.122. The van der Waals surface area contributed by atoms with Gasteiger partial charge in [0.15, 0.2) is 5.82 Å². The van der Waals surface area contributed by atoms with Crippen LogP contribution in [-0.4, -0.2) is 46.9 Å². The van der Waals surface area contributed by atoms with E-state index in [1.54, 1.807) is 0 Å². The summed E-state index contributed by atoms with van der Waals surface area (Å²) >= 11 is 0. The van der Waals surface area contributed by atoms with Gasteiger partial charge in [0.1, 0.15) is 5.82 Å². The van der Waals surface area contributed by atoms with E-state index in [0.717, 1.165) is 52.0 Å². The van der Waals surface area contributed by atoms with E-state index in [9.17, 15) is 4.79 Å². The van der Waals surface area contributed by atoms with Crippen molar-refractivity contribution in [1.82, 2.24) is 14.5 Å². The first kappa shape index (κ1) is 22.1. The summed E-state index contributed by atoms with van der Waals surface area (Å²) in [6, 6.07) is 23.0. The van der Waals surface area contributed by atoms with E-state index in [-0.39, 0.29) is 6.03 Å². The Morgan fingerprint density at radius 1 is 0.833 bits per heavy atom. The number of benzene rings is 3. The average Bonchev–Trinajstić information content (AvgIpc) is 3.30. The maximum atomic E-state index is 12.4. The van der Waals surface area contributed by atoms with Crippen molar-refractivity contribution < 1.29 is 9.53 Å². The van der Waals surface area contributed by atoms with E-state index in [4.69, 9.17) is 14.7 Å². The first-order valence-electron chi connectivity index (χ1n) is 12.0. The largest absolute Gasteiger partial charge is 0.378 e. The molecule has 1 aliphatic heterocycles. The van der Waals surface area contributed by atoms with Gasteiger partial charge in [-0.1, -0.05) is 18.2 Å². The molecule has 1 fully saturated rings. The number of aromatic nitrogens is 3. The van der Waals surface area contributed by atoms with Crippen molar-refractivity contribution in [2.45, 2.75) is 0 Å². The predicted octanol–water partition coefficient (Wildman–Crippen LogP) is 5.27. The standard InChI is InChI=1S/C28H26N6O2/c1-33-14-13-22-24(33)12-11-23-25(22)31-26(32-27(23)34-15-17-36-18-16-34)19-7-9-21(10-8-19)30-28(35)29-20-5-3-2-4-6-20/h2-14H,15-18H2,1H3,(H2,29,30,35). The first-order chi connectivity index (χ1) is 17.7. The van der Waals surface area contributed by atoms with Crippen molar-refractivity contribution in [3.8, 4) is 11.4 Å². The van der Waals surface area contributed by atoms with Crippen molar-refractivity contribution in [2.24, 2.45) is 7.05 Å². The molecule has 0 saturated carbocycles. The molecule has 5 aromatic rings. The molecule has 0 bridgehead atoms. The molecular weight excluding hydrogens is 452 g/mol. The Hall–Kier alpha value is -4.43. The molecule has 0 aliphatic carbocycles. The summed E-state index contributed by atoms with van der Waals surface area (Å²) in [4.78, 5) is 24.7. The molecule has 0 unspecified atom stereocenters. The second-order valence-corrected chi connectivity index (χ2v) is 8.81. The fraction of sp³-hybridized carbons (Fsp3) is 0.179. The molecule has 0 spiro atoms. The summed E-state index contributed by atoms with van der Waals surface area (Å²) in [5, 5.41) is 7.84. The van der Waals surface area contributed by atoms with Crippen LogP contribution in [0.2, 0.25) is 0 Å². The number of nitrogens with one attached hydrogen (secondary N) is 2. The SMILES string of the molecule is Cn1ccc2c3nc(-c4ccc(NC(=O)Nc5ccccc5)cc4)nc(N4CCOCC4)c3ccc21. The number of fused-ring (bicyclic) bond motifs is 3. The van der Waals surface area contributed by atoms with Crippen LogP contribution in [0.15, 0.2) is 79.0 Å². The summed E-state index contributed by atoms with van der Waals surface area (Å²) in [7, 11) is 2.04. The zero-order valence-electron chi connectivity index (χ0n) is 19.9. The fourth-order valence-corrected chi connectivity index (χ4v) is 4.59. The number of para-hydroxylation sites is 1. The molecule has 0 radical (unpaired) electrons. The Morgan fingerprint density at radius 2 is 1.56 bits per heavy atom. The molecule has 2 aromatic heterocycles. The minimum atomic E-state index is -0.294. The number of carbonyl (C=O) groups is 1. The molecule has 0 atom stereocenters. The average molecular weight is 479 g/mol. The third-order valence-electron chi connectivity index (χ3n) is 6.45. The van der Waals surface area contributed by atoms with Crippen LogP contribution in [0, 0.1) is 0 Å². The summed E-state index contributed by atoms with van der Waals surface area (Å²) in [5.41, 5.74) is 4.37. The van der Waals surface area contributed by atoms with Crippen molar-refractivity contribution in [3.63, 3.8) is 0 Å². The Labute approximate surface area is 208 Å². The molecule has 3 aromatic carbocycles. The fourth-order valence-electron chi connectivity index (χ4n) is 4.59. The minimum Gasteiger partial charge on any atom is -0.378 e. The summed E-state index contributed by atoms with van der Waals surface area (Å²) < 4.78 is 7.68. The van der Waals surface area contributed by atoms with E-state index >= 15 is 0 Å². The highest BCUT2D eigenvalue weighted by molar-refractivity contribution is 6.08. The second-order valence-electron chi connectivity index (χ2n) is 8.81. The van der Waals surface area contributed by atoms with Gasteiger partial charge in [0, 0.05) is 59.6 Å². The molecule has 2 N–H and O–H groups in total. The Kier molecular flexibility index (Phi) is 5.71. The number of urea groups is 1. The zero-order valence-corrected chi connectivity index (χ0v) is 19.9. The number of hydrogen-bond donors (Lipinski definition) is 2. The molecule has 1 saturated heterocycles. The Bertz CT molecular complexity index is 1540. The number of amides is 2. The van der Waals surface area contributed by atoms with E-state index in [1.807, 2.05) is 61.6 Å². The highest BCUT2D eigenvalue weighted by Gasteiger charge is 2.20. The third kappa shape index (κ3) is 4.23. The van der Waals surface area contributed by atoms with Crippen LogP contribution in [0.5, 0.6) is 0 Å². The number of aryl methyl sites for hydroxylation is 1. The van der Waals surface area contributed by atoms with Crippen molar-refractivity contribution in [1.29, 1.82) is 0 Å². The van der Waals surface area contributed by atoms with Gasteiger partial charge in [0.05, 0.1) is 18.7 Å². The van der Waals surface area contributed by atoms with Gasteiger partial charge in [-0.25, -0.2) is 14.8 Å². The Morgan fingerprint density at radius 3 is 2.31 bits per heavy atom. The van der Waals surface area contributed by atoms with Crippen molar-refractivity contribution in [3.05, 3.63) is 79.0 Å². The molecule has 1 aliphatic rings. The third-order valence-corrected chi connectivity index (χ3v) is 6.45. The number of ether oxygens (including phenoxy) is 1. The number of carbonyl (C=O) groups excluding carboxylic acids is 1.